The van der Waals surface area contributed by atoms with Crippen molar-refractivity contribution in [1.29, 1.82) is 0 Å². The van der Waals surface area contributed by atoms with E-state index in [9.17, 15) is 9.59 Å². The maximum Gasteiger partial charge on any atom is 0.308 e. The molecule has 0 N–H and O–H groups in total. The summed E-state index contributed by atoms with van der Waals surface area (Å²) in [6, 6.07) is 0. The fourth-order valence-corrected chi connectivity index (χ4v) is 4.08. The van der Waals surface area contributed by atoms with Gasteiger partial charge in [0.1, 0.15) is 0 Å². The monoisotopic (exact) mass is 454 g/mol. The van der Waals surface area contributed by atoms with Crippen LogP contribution >= 0.6 is 0 Å². The number of rotatable bonds is 23. The minimum Gasteiger partial charge on any atom is -0.465 e. The fraction of sp³-hybridized carbons (Fsp3) is 0.929. The van der Waals surface area contributed by atoms with Crippen LogP contribution in [0.5, 0.6) is 0 Å². The van der Waals surface area contributed by atoms with Crippen molar-refractivity contribution in [3.63, 3.8) is 0 Å². The first-order valence-electron chi connectivity index (χ1n) is 13.9. The molecule has 0 saturated heterocycles. The first kappa shape index (κ1) is 30.9. The third kappa shape index (κ3) is 17.5. The highest BCUT2D eigenvalue weighted by atomic mass is 16.5. The first-order chi connectivity index (χ1) is 15.6. The number of hydrogen-bond acceptors (Lipinski definition) is 4. The molecule has 2 atom stereocenters. The van der Waals surface area contributed by atoms with Crippen LogP contribution in [0.4, 0.5) is 0 Å². The van der Waals surface area contributed by atoms with Crippen LogP contribution in [-0.2, 0) is 19.1 Å². The summed E-state index contributed by atoms with van der Waals surface area (Å²) in [5.41, 5.74) is 0. The molecule has 0 aliphatic rings. The van der Waals surface area contributed by atoms with Crippen LogP contribution in [0.15, 0.2) is 0 Å². The summed E-state index contributed by atoms with van der Waals surface area (Å²) < 4.78 is 11.0. The highest BCUT2D eigenvalue weighted by molar-refractivity contribution is 5.73. The molecule has 0 saturated carbocycles. The van der Waals surface area contributed by atoms with E-state index in [0.29, 0.717) is 26.1 Å². The van der Waals surface area contributed by atoms with Gasteiger partial charge in [0, 0.05) is 0 Å². The molecule has 0 heterocycles. The molecule has 0 fully saturated rings. The Hall–Kier alpha value is -1.06. The lowest BCUT2D eigenvalue weighted by atomic mass is 9.92. The van der Waals surface area contributed by atoms with Crippen LogP contribution in [0.1, 0.15) is 143 Å². The van der Waals surface area contributed by atoms with Crippen molar-refractivity contribution in [2.24, 2.45) is 11.8 Å². The van der Waals surface area contributed by atoms with Crippen molar-refractivity contribution in [2.45, 2.75) is 143 Å². The average molecular weight is 455 g/mol. The third-order valence-electron chi connectivity index (χ3n) is 6.50. The summed E-state index contributed by atoms with van der Waals surface area (Å²) in [6.45, 7) is 9.57. The second-order valence-electron chi connectivity index (χ2n) is 9.37. The lowest BCUT2D eigenvalue weighted by Crippen LogP contribution is -2.22. The lowest BCUT2D eigenvalue weighted by molar-refractivity contribution is -0.152. The molecule has 0 spiro atoms. The molecule has 0 aliphatic carbocycles. The van der Waals surface area contributed by atoms with E-state index in [-0.39, 0.29) is 23.8 Å². The van der Waals surface area contributed by atoms with E-state index in [2.05, 4.69) is 13.8 Å². The van der Waals surface area contributed by atoms with Gasteiger partial charge in [-0.25, -0.2) is 0 Å². The van der Waals surface area contributed by atoms with Gasteiger partial charge >= 0.3 is 11.9 Å². The normalized spacial score (nSPS) is 13.0. The molecule has 0 aromatic rings. The summed E-state index contributed by atoms with van der Waals surface area (Å²) in [4.78, 5) is 24.8. The minimum atomic E-state index is -0.107. The van der Waals surface area contributed by atoms with Gasteiger partial charge in [-0.1, -0.05) is 105 Å². The van der Waals surface area contributed by atoms with Gasteiger partial charge in [0.2, 0.25) is 0 Å². The Labute approximate surface area is 199 Å². The highest BCUT2D eigenvalue weighted by Gasteiger charge is 2.23. The summed E-state index contributed by atoms with van der Waals surface area (Å²) in [5.74, 6) is -0.399. The molecule has 0 aromatic heterocycles. The van der Waals surface area contributed by atoms with E-state index in [1.807, 2.05) is 13.8 Å². The molecule has 0 amide bonds. The van der Waals surface area contributed by atoms with Crippen molar-refractivity contribution in [3.8, 4) is 0 Å². The Bertz CT molecular complexity index is 395. The zero-order valence-corrected chi connectivity index (χ0v) is 21.9. The molecular formula is C28H54O4. The van der Waals surface area contributed by atoms with Crippen molar-refractivity contribution in [2.75, 3.05) is 13.2 Å². The molecule has 32 heavy (non-hydrogen) atoms. The van der Waals surface area contributed by atoms with Gasteiger partial charge in [0.05, 0.1) is 25.0 Å². The van der Waals surface area contributed by atoms with Gasteiger partial charge in [-0.3, -0.25) is 9.59 Å². The van der Waals surface area contributed by atoms with E-state index in [1.54, 1.807) is 0 Å². The predicted octanol–water partition coefficient (Wildman–Crippen LogP) is 8.41. The molecule has 0 aliphatic heterocycles. The van der Waals surface area contributed by atoms with Gasteiger partial charge < -0.3 is 9.47 Å². The Morgan fingerprint density at radius 1 is 0.500 bits per heavy atom. The number of esters is 2. The van der Waals surface area contributed by atoms with E-state index >= 15 is 0 Å². The molecule has 2 unspecified atom stereocenters. The van der Waals surface area contributed by atoms with E-state index in [0.717, 1.165) is 38.5 Å². The van der Waals surface area contributed by atoms with Crippen LogP contribution in [0.25, 0.3) is 0 Å². The molecule has 0 bridgehead atoms. The van der Waals surface area contributed by atoms with Crippen LogP contribution in [0.3, 0.4) is 0 Å². The van der Waals surface area contributed by atoms with Gasteiger partial charge in [-0.15, -0.1) is 0 Å². The Morgan fingerprint density at radius 2 is 0.812 bits per heavy atom. The number of hydrogen-bond donors (Lipinski definition) is 0. The number of ether oxygens (including phenoxy) is 2. The largest absolute Gasteiger partial charge is 0.465 e. The number of unbranched alkanes of at least 4 members (excludes halogenated alkanes) is 12. The summed E-state index contributed by atoms with van der Waals surface area (Å²) in [7, 11) is 0. The van der Waals surface area contributed by atoms with Crippen molar-refractivity contribution in [1.82, 2.24) is 0 Å². The van der Waals surface area contributed by atoms with Gasteiger partial charge in [-0.05, 0) is 38.5 Å². The van der Waals surface area contributed by atoms with Gasteiger partial charge in [0.15, 0.2) is 0 Å². The minimum absolute atomic E-state index is 0.0928. The molecule has 0 radical (unpaired) electrons. The topological polar surface area (TPSA) is 52.6 Å². The molecular weight excluding hydrogens is 400 g/mol. The van der Waals surface area contributed by atoms with Crippen LogP contribution < -0.4 is 0 Å². The maximum atomic E-state index is 12.4. The quantitative estimate of drug-likeness (QED) is 0.115. The maximum absolute atomic E-state index is 12.4. The van der Waals surface area contributed by atoms with Crippen LogP contribution in [0.2, 0.25) is 0 Å². The summed E-state index contributed by atoms with van der Waals surface area (Å²) >= 11 is 0. The Kier molecular flexibility index (Phi) is 22.3. The number of carbonyl (C=O) groups is 2. The summed E-state index contributed by atoms with van der Waals surface area (Å²) in [6.07, 6.45) is 20.0. The van der Waals surface area contributed by atoms with E-state index in [1.165, 1.54) is 64.2 Å². The van der Waals surface area contributed by atoms with Crippen molar-refractivity contribution < 1.29 is 19.1 Å². The van der Waals surface area contributed by atoms with Crippen LogP contribution in [0, 0.1) is 11.8 Å². The first-order valence-corrected chi connectivity index (χ1v) is 13.9. The van der Waals surface area contributed by atoms with Crippen molar-refractivity contribution >= 4 is 11.9 Å². The fourth-order valence-electron chi connectivity index (χ4n) is 4.08. The van der Waals surface area contributed by atoms with Crippen molar-refractivity contribution in [3.05, 3.63) is 0 Å². The van der Waals surface area contributed by atoms with E-state index in [4.69, 9.17) is 9.47 Å². The molecule has 0 aromatic carbocycles. The molecule has 190 valence electrons. The highest BCUT2D eigenvalue weighted by Crippen LogP contribution is 2.21. The smallest absolute Gasteiger partial charge is 0.308 e. The standard InChI is InChI=1S/C28H54O4/c1-5-9-11-13-15-17-19-23-31-27(29)25(7-3)21-22-26(8-4)28(30)32-24-20-18-16-14-12-10-6-2/h25-26H,5-24H2,1-4H3. The average Bonchev–Trinajstić information content (AvgIpc) is 2.80. The zero-order valence-electron chi connectivity index (χ0n) is 21.9. The van der Waals surface area contributed by atoms with Gasteiger partial charge in [-0.2, -0.15) is 0 Å². The number of carbonyl (C=O) groups excluding carboxylic acids is 2. The molecule has 4 nitrogen and oxygen atoms in total. The zero-order chi connectivity index (χ0) is 23.9. The van der Waals surface area contributed by atoms with E-state index < -0.39 is 0 Å². The Balaban J connectivity index is 3.97. The van der Waals surface area contributed by atoms with Crippen LogP contribution in [-0.4, -0.2) is 25.2 Å². The Morgan fingerprint density at radius 3 is 1.12 bits per heavy atom. The predicted molar refractivity (Wildman–Crippen MR) is 135 cm³/mol. The van der Waals surface area contributed by atoms with Gasteiger partial charge in [0.25, 0.3) is 0 Å². The second-order valence-corrected chi connectivity index (χ2v) is 9.37. The SMILES string of the molecule is CCCCCCCCCOC(=O)C(CC)CCC(CC)C(=O)OCCCCCCCCC. The summed E-state index contributed by atoms with van der Waals surface area (Å²) in [5, 5.41) is 0. The third-order valence-corrected chi connectivity index (χ3v) is 6.50. The second kappa shape index (κ2) is 23.1. The molecule has 0 rings (SSSR count). The molecule has 4 heteroatoms. The lowest BCUT2D eigenvalue weighted by Gasteiger charge is -2.18.